The molecule has 3 aromatic rings. The predicted molar refractivity (Wildman–Crippen MR) is 101 cm³/mol. The summed E-state index contributed by atoms with van der Waals surface area (Å²) < 4.78 is 3.29. The van der Waals surface area contributed by atoms with Gasteiger partial charge >= 0.3 is 0 Å². The van der Waals surface area contributed by atoms with Crippen LogP contribution in [0.2, 0.25) is 0 Å². The average molecular weight is 367 g/mol. The summed E-state index contributed by atoms with van der Waals surface area (Å²) in [6, 6.07) is 9.38. The van der Waals surface area contributed by atoms with Gasteiger partial charge in [0, 0.05) is 18.7 Å². The standard InChI is InChI=1S/C18H17N5O2S/c1-2-8-19-15(24)9-13-11-26-18-21-16-14(17(25)22(13)18)10-20-23(16)12-6-4-3-5-7-12/h2-7,10,13H,1,8-9,11H2,(H,19,24). The molecule has 0 fully saturated rings. The maximum Gasteiger partial charge on any atom is 0.265 e. The van der Waals surface area contributed by atoms with E-state index in [4.69, 9.17) is 0 Å². The number of nitrogens with one attached hydrogen (secondary N) is 1. The summed E-state index contributed by atoms with van der Waals surface area (Å²) in [4.78, 5) is 29.6. The van der Waals surface area contributed by atoms with Gasteiger partial charge in [-0.05, 0) is 12.1 Å². The highest BCUT2D eigenvalue weighted by molar-refractivity contribution is 7.99. The van der Waals surface area contributed by atoms with Gasteiger partial charge in [-0.25, -0.2) is 9.67 Å². The van der Waals surface area contributed by atoms with Crippen molar-refractivity contribution < 1.29 is 4.79 Å². The van der Waals surface area contributed by atoms with Gasteiger partial charge in [-0.15, -0.1) is 6.58 Å². The van der Waals surface area contributed by atoms with E-state index in [1.54, 1.807) is 21.5 Å². The fourth-order valence-corrected chi connectivity index (χ4v) is 4.14. The van der Waals surface area contributed by atoms with E-state index in [1.165, 1.54) is 11.8 Å². The zero-order valence-electron chi connectivity index (χ0n) is 14.0. The molecule has 4 rings (SSSR count). The number of fused-ring (bicyclic) bond motifs is 2. The summed E-state index contributed by atoms with van der Waals surface area (Å²) in [5, 5.41) is 8.17. The van der Waals surface area contributed by atoms with Crippen LogP contribution in [0.15, 0.2) is 59.1 Å². The number of rotatable bonds is 5. The van der Waals surface area contributed by atoms with E-state index in [0.717, 1.165) is 5.69 Å². The third-order valence-electron chi connectivity index (χ3n) is 4.24. The molecule has 1 N–H and O–H groups in total. The Balaban J connectivity index is 1.73. The number of benzene rings is 1. The Morgan fingerprint density at radius 1 is 1.38 bits per heavy atom. The normalized spacial score (nSPS) is 15.8. The Morgan fingerprint density at radius 3 is 2.96 bits per heavy atom. The van der Waals surface area contributed by atoms with Gasteiger partial charge in [-0.1, -0.05) is 36.0 Å². The molecule has 8 heteroatoms. The van der Waals surface area contributed by atoms with Crippen molar-refractivity contribution in [3.63, 3.8) is 0 Å². The van der Waals surface area contributed by atoms with E-state index in [1.807, 2.05) is 30.3 Å². The van der Waals surface area contributed by atoms with Crippen molar-refractivity contribution in [2.45, 2.75) is 17.6 Å². The van der Waals surface area contributed by atoms with Crippen molar-refractivity contribution in [2.24, 2.45) is 0 Å². The molecule has 1 aliphatic heterocycles. The Bertz CT molecular complexity index is 1040. The van der Waals surface area contributed by atoms with Gasteiger partial charge in [-0.3, -0.25) is 14.2 Å². The van der Waals surface area contributed by atoms with Crippen molar-refractivity contribution in [1.29, 1.82) is 0 Å². The number of nitrogens with zero attached hydrogens (tertiary/aromatic N) is 4. The third kappa shape index (κ3) is 2.82. The van der Waals surface area contributed by atoms with Crippen molar-refractivity contribution in [3.05, 3.63) is 59.5 Å². The fourth-order valence-electron chi connectivity index (χ4n) is 3.01. The van der Waals surface area contributed by atoms with Crippen molar-refractivity contribution in [3.8, 4) is 5.69 Å². The van der Waals surface area contributed by atoms with E-state index in [-0.39, 0.29) is 23.9 Å². The van der Waals surface area contributed by atoms with Crippen LogP contribution in [0.1, 0.15) is 12.5 Å². The molecule has 1 aromatic carbocycles. The molecule has 132 valence electrons. The second kappa shape index (κ2) is 6.80. The summed E-state index contributed by atoms with van der Waals surface area (Å²) >= 11 is 1.49. The minimum absolute atomic E-state index is 0.102. The van der Waals surface area contributed by atoms with Gasteiger partial charge in [0.2, 0.25) is 5.91 Å². The number of carbonyl (C=O) groups excluding carboxylic acids is 1. The zero-order chi connectivity index (χ0) is 18.1. The fraction of sp³-hybridized carbons (Fsp3) is 0.222. The molecule has 1 atom stereocenters. The van der Waals surface area contributed by atoms with Crippen LogP contribution in [0, 0.1) is 0 Å². The first kappa shape index (κ1) is 16.6. The summed E-state index contributed by atoms with van der Waals surface area (Å²) in [6.07, 6.45) is 3.42. The summed E-state index contributed by atoms with van der Waals surface area (Å²) in [7, 11) is 0. The maximum absolute atomic E-state index is 13.0. The maximum atomic E-state index is 13.0. The van der Waals surface area contributed by atoms with Crippen LogP contribution < -0.4 is 10.9 Å². The van der Waals surface area contributed by atoms with Crippen molar-refractivity contribution >= 4 is 28.7 Å². The molecular weight excluding hydrogens is 350 g/mol. The monoisotopic (exact) mass is 367 g/mol. The van der Waals surface area contributed by atoms with Crippen molar-refractivity contribution in [2.75, 3.05) is 12.3 Å². The zero-order valence-corrected chi connectivity index (χ0v) is 14.8. The molecule has 1 aliphatic rings. The molecule has 0 spiro atoms. The lowest BCUT2D eigenvalue weighted by Crippen LogP contribution is -2.30. The van der Waals surface area contributed by atoms with Crippen molar-refractivity contribution in [1.82, 2.24) is 24.6 Å². The average Bonchev–Trinajstić information content (AvgIpc) is 3.26. The molecule has 1 unspecified atom stereocenters. The lowest BCUT2D eigenvalue weighted by molar-refractivity contribution is -0.121. The van der Waals surface area contributed by atoms with E-state index < -0.39 is 0 Å². The van der Waals surface area contributed by atoms with Crippen LogP contribution in [0.5, 0.6) is 0 Å². The van der Waals surface area contributed by atoms with Gasteiger partial charge in [0.05, 0.1) is 17.9 Å². The van der Waals surface area contributed by atoms with Crippen LogP contribution in [0.3, 0.4) is 0 Å². The highest BCUT2D eigenvalue weighted by Crippen LogP contribution is 2.33. The lowest BCUT2D eigenvalue weighted by atomic mass is 10.2. The Kier molecular flexibility index (Phi) is 4.34. The first-order valence-electron chi connectivity index (χ1n) is 8.25. The molecule has 2 aromatic heterocycles. The number of para-hydroxylation sites is 1. The molecule has 0 saturated carbocycles. The number of hydrogen-bond acceptors (Lipinski definition) is 5. The van der Waals surface area contributed by atoms with Gasteiger partial charge < -0.3 is 5.32 Å². The minimum atomic E-state index is -0.204. The molecular formula is C18H17N5O2S. The third-order valence-corrected chi connectivity index (χ3v) is 5.33. The second-order valence-electron chi connectivity index (χ2n) is 5.96. The van der Waals surface area contributed by atoms with Gasteiger partial charge in [0.15, 0.2) is 10.8 Å². The van der Waals surface area contributed by atoms with E-state index in [0.29, 0.717) is 28.5 Å². The quantitative estimate of drug-likeness (QED) is 0.550. The molecule has 0 bridgehead atoms. The summed E-state index contributed by atoms with van der Waals surface area (Å²) in [5.74, 6) is 0.546. The predicted octanol–water partition coefficient (Wildman–Crippen LogP) is 1.92. The smallest absolute Gasteiger partial charge is 0.265 e. The number of amides is 1. The molecule has 0 radical (unpaired) electrons. The summed E-state index contributed by atoms with van der Waals surface area (Å²) in [5.41, 5.74) is 1.23. The lowest BCUT2D eigenvalue weighted by Gasteiger charge is -2.13. The Labute approximate surface area is 153 Å². The first-order valence-corrected chi connectivity index (χ1v) is 9.23. The largest absolute Gasteiger partial charge is 0.353 e. The number of aromatic nitrogens is 4. The molecule has 7 nitrogen and oxygen atoms in total. The summed E-state index contributed by atoms with van der Waals surface area (Å²) in [6.45, 7) is 4.00. The van der Waals surface area contributed by atoms with Crippen LogP contribution in [0.4, 0.5) is 0 Å². The topological polar surface area (TPSA) is 81.8 Å². The molecule has 1 amide bonds. The SMILES string of the molecule is C=CCNC(=O)CC1CSc2nc3c(cnn3-c3ccccc3)c(=O)n21. The molecule has 0 saturated heterocycles. The van der Waals surface area contributed by atoms with Crippen LogP contribution in [0.25, 0.3) is 16.7 Å². The van der Waals surface area contributed by atoms with Crippen LogP contribution in [-0.2, 0) is 4.79 Å². The number of carbonyl (C=O) groups is 1. The van der Waals surface area contributed by atoms with E-state index >= 15 is 0 Å². The molecule has 26 heavy (non-hydrogen) atoms. The van der Waals surface area contributed by atoms with Crippen LogP contribution >= 0.6 is 11.8 Å². The number of hydrogen-bond donors (Lipinski definition) is 1. The molecule has 3 heterocycles. The number of thioether (sulfide) groups is 1. The Hall–Kier alpha value is -2.87. The minimum Gasteiger partial charge on any atom is -0.353 e. The van der Waals surface area contributed by atoms with E-state index in [2.05, 4.69) is 22.0 Å². The second-order valence-corrected chi connectivity index (χ2v) is 6.95. The highest BCUT2D eigenvalue weighted by Gasteiger charge is 2.29. The van der Waals surface area contributed by atoms with Gasteiger partial charge in [-0.2, -0.15) is 5.10 Å². The molecule has 0 aliphatic carbocycles. The first-order chi connectivity index (χ1) is 12.7. The van der Waals surface area contributed by atoms with Gasteiger partial charge in [0.25, 0.3) is 5.56 Å². The van der Waals surface area contributed by atoms with Crippen LogP contribution in [-0.4, -0.2) is 37.5 Å². The highest BCUT2D eigenvalue weighted by atomic mass is 32.2. The Morgan fingerprint density at radius 2 is 2.19 bits per heavy atom. The van der Waals surface area contributed by atoms with Gasteiger partial charge in [0.1, 0.15) is 5.39 Å². The van der Waals surface area contributed by atoms with E-state index in [9.17, 15) is 9.59 Å².